The van der Waals surface area contributed by atoms with E-state index >= 15 is 0 Å². The number of aliphatic hydroxyl groups excluding tert-OH is 1. The number of benzene rings is 2. The van der Waals surface area contributed by atoms with E-state index < -0.39 is 22.7 Å². The van der Waals surface area contributed by atoms with Gasteiger partial charge in [0.05, 0.1) is 35.3 Å². The Bertz CT molecular complexity index is 1110. The van der Waals surface area contributed by atoms with Crippen LogP contribution in [0, 0.1) is 17.0 Å². The zero-order valence-electron chi connectivity index (χ0n) is 18.3. The SMILES string of the molecule is Cc1ccc(C(O)=C2C(=O)C(=O)N(CCN3CCOCC3)[C@@H]2c2ccccc2[N+](=O)[O-])cc1. The summed E-state index contributed by atoms with van der Waals surface area (Å²) in [5, 5.41) is 22.8. The number of rotatable bonds is 6. The lowest BCUT2D eigenvalue weighted by Gasteiger charge is -2.30. The third-order valence-electron chi connectivity index (χ3n) is 6.05. The van der Waals surface area contributed by atoms with Gasteiger partial charge in [-0.1, -0.05) is 42.0 Å². The number of aryl methyl sites for hydroxylation is 1. The highest BCUT2D eigenvalue weighted by Crippen LogP contribution is 2.42. The van der Waals surface area contributed by atoms with Gasteiger partial charge in [0.15, 0.2) is 0 Å². The van der Waals surface area contributed by atoms with E-state index in [4.69, 9.17) is 4.74 Å². The van der Waals surface area contributed by atoms with Gasteiger partial charge in [-0.3, -0.25) is 24.6 Å². The van der Waals surface area contributed by atoms with E-state index in [1.807, 2.05) is 6.92 Å². The molecular formula is C24H25N3O6. The van der Waals surface area contributed by atoms with Gasteiger partial charge in [0.2, 0.25) is 0 Å². The minimum Gasteiger partial charge on any atom is -0.507 e. The lowest BCUT2D eigenvalue weighted by Crippen LogP contribution is -2.42. The molecule has 2 aliphatic heterocycles. The van der Waals surface area contributed by atoms with Crippen LogP contribution in [-0.4, -0.2) is 70.9 Å². The minimum atomic E-state index is -1.06. The fraction of sp³-hybridized carbons (Fsp3) is 0.333. The highest BCUT2D eigenvalue weighted by Gasteiger charge is 2.48. The number of nitro benzene ring substituents is 1. The monoisotopic (exact) mass is 451 g/mol. The van der Waals surface area contributed by atoms with Crippen LogP contribution in [-0.2, 0) is 14.3 Å². The van der Waals surface area contributed by atoms with Gasteiger partial charge in [-0.05, 0) is 13.0 Å². The van der Waals surface area contributed by atoms with Crippen LogP contribution in [0.3, 0.4) is 0 Å². The number of nitrogens with zero attached hydrogens (tertiary/aromatic N) is 3. The zero-order chi connectivity index (χ0) is 23.5. The number of carbonyl (C=O) groups is 2. The molecule has 0 spiro atoms. The summed E-state index contributed by atoms with van der Waals surface area (Å²) >= 11 is 0. The average Bonchev–Trinajstić information content (AvgIpc) is 3.08. The van der Waals surface area contributed by atoms with Gasteiger partial charge < -0.3 is 14.7 Å². The smallest absolute Gasteiger partial charge is 0.295 e. The Morgan fingerprint density at radius 3 is 2.42 bits per heavy atom. The molecule has 0 aromatic heterocycles. The maximum atomic E-state index is 13.1. The van der Waals surface area contributed by atoms with Crippen LogP contribution in [0.25, 0.3) is 5.76 Å². The van der Waals surface area contributed by atoms with E-state index in [9.17, 15) is 24.8 Å². The summed E-state index contributed by atoms with van der Waals surface area (Å²) in [7, 11) is 0. The van der Waals surface area contributed by atoms with E-state index in [1.54, 1.807) is 30.3 Å². The van der Waals surface area contributed by atoms with E-state index in [0.29, 0.717) is 38.4 Å². The van der Waals surface area contributed by atoms with Crippen molar-refractivity contribution in [2.45, 2.75) is 13.0 Å². The lowest BCUT2D eigenvalue weighted by molar-refractivity contribution is -0.385. The minimum absolute atomic E-state index is 0.139. The third kappa shape index (κ3) is 4.50. The van der Waals surface area contributed by atoms with Crippen molar-refractivity contribution in [3.63, 3.8) is 0 Å². The number of ether oxygens (including phenoxy) is 1. The molecule has 2 heterocycles. The second kappa shape index (κ2) is 9.51. The molecule has 33 heavy (non-hydrogen) atoms. The fourth-order valence-corrected chi connectivity index (χ4v) is 4.26. The van der Waals surface area contributed by atoms with Crippen molar-refractivity contribution in [1.82, 2.24) is 9.80 Å². The number of carbonyl (C=O) groups excluding carboxylic acids is 2. The van der Waals surface area contributed by atoms with Crippen LogP contribution < -0.4 is 0 Å². The molecule has 2 fully saturated rings. The topological polar surface area (TPSA) is 113 Å². The van der Waals surface area contributed by atoms with Gasteiger partial charge >= 0.3 is 0 Å². The number of hydrogen-bond donors (Lipinski definition) is 1. The lowest BCUT2D eigenvalue weighted by atomic mass is 9.94. The molecule has 9 heteroatoms. The molecule has 2 aromatic rings. The summed E-state index contributed by atoms with van der Waals surface area (Å²) in [6.45, 7) is 5.12. The van der Waals surface area contributed by atoms with Gasteiger partial charge in [0.1, 0.15) is 5.76 Å². The predicted octanol–water partition coefficient (Wildman–Crippen LogP) is 2.66. The average molecular weight is 451 g/mol. The number of para-hydroxylation sites is 1. The van der Waals surface area contributed by atoms with Crippen molar-refractivity contribution < 1.29 is 24.4 Å². The van der Waals surface area contributed by atoms with Gasteiger partial charge in [0, 0.05) is 37.8 Å². The molecule has 0 unspecified atom stereocenters. The van der Waals surface area contributed by atoms with Crippen LogP contribution in [0.2, 0.25) is 0 Å². The maximum Gasteiger partial charge on any atom is 0.295 e. The van der Waals surface area contributed by atoms with Crippen LogP contribution >= 0.6 is 0 Å². The molecule has 1 N–H and O–H groups in total. The Balaban J connectivity index is 1.80. The highest BCUT2D eigenvalue weighted by molar-refractivity contribution is 6.46. The number of morpholine rings is 1. The Morgan fingerprint density at radius 2 is 1.76 bits per heavy atom. The Labute approximate surface area is 191 Å². The maximum absolute atomic E-state index is 13.1. The summed E-state index contributed by atoms with van der Waals surface area (Å²) in [5.74, 6) is -1.97. The molecule has 2 saturated heterocycles. The van der Waals surface area contributed by atoms with Crippen LogP contribution in [0.4, 0.5) is 5.69 Å². The van der Waals surface area contributed by atoms with E-state index in [-0.39, 0.29) is 29.1 Å². The fourth-order valence-electron chi connectivity index (χ4n) is 4.26. The molecule has 2 aliphatic rings. The third-order valence-corrected chi connectivity index (χ3v) is 6.05. The van der Waals surface area contributed by atoms with Crippen molar-refractivity contribution >= 4 is 23.1 Å². The number of nitro groups is 1. The van der Waals surface area contributed by atoms with Crippen molar-refractivity contribution in [3.05, 3.63) is 80.9 Å². The molecule has 0 bridgehead atoms. The molecule has 4 rings (SSSR count). The first kappa shape index (κ1) is 22.6. The molecule has 9 nitrogen and oxygen atoms in total. The van der Waals surface area contributed by atoms with Crippen LogP contribution in [0.1, 0.15) is 22.7 Å². The zero-order valence-corrected chi connectivity index (χ0v) is 18.3. The molecule has 2 aromatic carbocycles. The van der Waals surface area contributed by atoms with Crippen LogP contribution in [0.15, 0.2) is 54.1 Å². The normalized spacial score (nSPS) is 20.9. The predicted molar refractivity (Wildman–Crippen MR) is 121 cm³/mol. The van der Waals surface area contributed by atoms with Gasteiger partial charge in [-0.2, -0.15) is 0 Å². The number of hydrogen-bond acceptors (Lipinski definition) is 7. The first-order valence-corrected chi connectivity index (χ1v) is 10.8. The summed E-state index contributed by atoms with van der Waals surface area (Å²) < 4.78 is 5.36. The van der Waals surface area contributed by atoms with Gasteiger partial charge in [-0.25, -0.2) is 0 Å². The first-order valence-electron chi connectivity index (χ1n) is 10.8. The molecule has 0 aliphatic carbocycles. The Kier molecular flexibility index (Phi) is 6.52. The second-order valence-electron chi connectivity index (χ2n) is 8.13. The van der Waals surface area contributed by atoms with E-state index in [1.165, 1.54) is 23.1 Å². The van der Waals surface area contributed by atoms with Gasteiger partial charge in [-0.15, -0.1) is 0 Å². The molecular weight excluding hydrogens is 426 g/mol. The summed E-state index contributed by atoms with van der Waals surface area (Å²) in [5.41, 5.74) is 1.18. The summed E-state index contributed by atoms with van der Waals surface area (Å²) in [6.07, 6.45) is 0. The Morgan fingerprint density at radius 1 is 1.09 bits per heavy atom. The summed E-state index contributed by atoms with van der Waals surface area (Å²) in [6, 6.07) is 11.8. The Hall–Kier alpha value is -3.56. The molecule has 172 valence electrons. The molecule has 0 radical (unpaired) electrons. The van der Waals surface area contributed by atoms with E-state index in [0.717, 1.165) is 5.56 Å². The number of aliphatic hydroxyl groups is 1. The number of Topliss-reactive ketones (excluding diaryl/α,β-unsaturated/α-hetero) is 1. The number of ketones is 1. The highest BCUT2D eigenvalue weighted by atomic mass is 16.6. The summed E-state index contributed by atoms with van der Waals surface area (Å²) in [4.78, 5) is 40.8. The van der Waals surface area contributed by atoms with Crippen molar-refractivity contribution in [2.75, 3.05) is 39.4 Å². The standard InChI is InChI=1S/C24H25N3O6/c1-16-6-8-17(9-7-16)22(28)20-21(18-4-2-3-5-19(18)27(31)32)26(24(30)23(20)29)11-10-25-12-14-33-15-13-25/h2-9,21,28H,10-15H2,1H3/t21-/m1/s1. The number of amides is 1. The van der Waals surface area contributed by atoms with Crippen molar-refractivity contribution in [1.29, 1.82) is 0 Å². The second-order valence-corrected chi connectivity index (χ2v) is 8.13. The number of likely N-dealkylation sites (tertiary alicyclic amines) is 1. The first-order chi connectivity index (χ1) is 15.9. The largest absolute Gasteiger partial charge is 0.507 e. The van der Waals surface area contributed by atoms with E-state index in [2.05, 4.69) is 4.90 Å². The molecule has 1 atom stereocenters. The quantitative estimate of drug-likeness (QED) is 0.236. The van der Waals surface area contributed by atoms with Crippen molar-refractivity contribution in [3.8, 4) is 0 Å². The van der Waals surface area contributed by atoms with Crippen molar-refractivity contribution in [2.24, 2.45) is 0 Å². The molecule has 0 saturated carbocycles. The van der Waals surface area contributed by atoms with Gasteiger partial charge in [0.25, 0.3) is 17.4 Å². The molecule has 1 amide bonds. The van der Waals surface area contributed by atoms with Crippen LogP contribution in [0.5, 0.6) is 0 Å².